The molecule has 2 heterocycles. The zero-order valence-corrected chi connectivity index (χ0v) is 10.7. The Labute approximate surface area is 108 Å². The van der Waals surface area contributed by atoms with E-state index in [4.69, 9.17) is 0 Å². The summed E-state index contributed by atoms with van der Waals surface area (Å²) < 4.78 is 0. The number of rotatable bonds is 1. The SMILES string of the molecule is CN1CCC(N2CCCNc3ccccc32)C1=O. The van der Waals surface area contributed by atoms with Crippen LogP contribution in [0.4, 0.5) is 11.4 Å². The van der Waals surface area contributed by atoms with E-state index >= 15 is 0 Å². The van der Waals surface area contributed by atoms with Gasteiger partial charge in [-0.1, -0.05) is 12.1 Å². The van der Waals surface area contributed by atoms with Crippen molar-refractivity contribution in [2.75, 3.05) is 36.9 Å². The summed E-state index contributed by atoms with van der Waals surface area (Å²) in [4.78, 5) is 16.3. The van der Waals surface area contributed by atoms with Gasteiger partial charge in [0.2, 0.25) is 5.91 Å². The van der Waals surface area contributed by atoms with Gasteiger partial charge in [-0.05, 0) is 25.0 Å². The van der Waals surface area contributed by atoms with Crippen LogP contribution in [0.2, 0.25) is 0 Å². The number of carbonyl (C=O) groups is 1. The first-order valence-corrected chi connectivity index (χ1v) is 6.62. The Bertz CT molecular complexity index is 460. The van der Waals surface area contributed by atoms with Crippen LogP contribution in [-0.2, 0) is 4.79 Å². The van der Waals surface area contributed by atoms with Crippen LogP contribution in [0.25, 0.3) is 0 Å². The molecule has 0 aromatic heterocycles. The standard InChI is InChI=1S/C14H19N3O/c1-16-10-7-13(14(16)18)17-9-4-8-15-11-5-2-3-6-12(11)17/h2-3,5-6,13,15H,4,7-10H2,1H3. The molecule has 2 aliphatic heterocycles. The maximum atomic E-state index is 12.2. The third-order valence-corrected chi connectivity index (χ3v) is 3.88. The molecule has 0 aliphatic carbocycles. The molecule has 0 saturated carbocycles. The van der Waals surface area contributed by atoms with E-state index < -0.39 is 0 Å². The monoisotopic (exact) mass is 245 g/mol. The van der Waals surface area contributed by atoms with Crippen LogP contribution >= 0.6 is 0 Å². The first kappa shape index (κ1) is 11.4. The lowest BCUT2D eigenvalue weighted by Crippen LogP contribution is -2.41. The smallest absolute Gasteiger partial charge is 0.245 e. The fraction of sp³-hybridized carbons (Fsp3) is 0.500. The number of anilines is 2. The third kappa shape index (κ3) is 1.82. The number of para-hydroxylation sites is 2. The molecule has 3 rings (SSSR count). The van der Waals surface area contributed by atoms with E-state index in [0.29, 0.717) is 0 Å². The molecule has 1 saturated heterocycles. The summed E-state index contributed by atoms with van der Waals surface area (Å²) in [6.45, 7) is 2.80. The minimum atomic E-state index is 0.0241. The van der Waals surface area contributed by atoms with E-state index in [9.17, 15) is 4.79 Å². The summed E-state index contributed by atoms with van der Waals surface area (Å²) in [5, 5.41) is 3.44. The molecule has 1 atom stereocenters. The highest BCUT2D eigenvalue weighted by Crippen LogP contribution is 2.32. The van der Waals surface area contributed by atoms with Crippen molar-refractivity contribution in [1.82, 2.24) is 4.90 Å². The fourth-order valence-corrected chi connectivity index (χ4v) is 2.88. The van der Waals surface area contributed by atoms with Crippen LogP contribution in [-0.4, -0.2) is 43.5 Å². The summed E-state index contributed by atoms with van der Waals surface area (Å²) >= 11 is 0. The number of likely N-dealkylation sites (tertiary alicyclic amines) is 1. The third-order valence-electron chi connectivity index (χ3n) is 3.88. The van der Waals surface area contributed by atoms with Crippen LogP contribution in [0.3, 0.4) is 0 Å². The molecule has 1 N–H and O–H groups in total. The van der Waals surface area contributed by atoms with Gasteiger partial charge >= 0.3 is 0 Å². The quantitative estimate of drug-likeness (QED) is 0.815. The number of hydrogen-bond donors (Lipinski definition) is 1. The number of nitrogens with one attached hydrogen (secondary N) is 1. The molecule has 0 bridgehead atoms. The van der Waals surface area contributed by atoms with Crippen molar-refractivity contribution in [1.29, 1.82) is 0 Å². The lowest BCUT2D eigenvalue weighted by molar-refractivity contribution is -0.127. The van der Waals surface area contributed by atoms with Crippen LogP contribution in [0.5, 0.6) is 0 Å². The normalized spacial score (nSPS) is 23.6. The molecular formula is C14H19N3O. The van der Waals surface area contributed by atoms with Gasteiger partial charge in [0.25, 0.3) is 0 Å². The van der Waals surface area contributed by atoms with Gasteiger partial charge in [-0.25, -0.2) is 0 Å². The molecule has 1 aromatic carbocycles. The maximum absolute atomic E-state index is 12.2. The summed E-state index contributed by atoms with van der Waals surface area (Å²) in [6.07, 6.45) is 2.01. The van der Waals surface area contributed by atoms with Crippen molar-refractivity contribution >= 4 is 17.3 Å². The van der Waals surface area contributed by atoms with Gasteiger partial charge in [-0.2, -0.15) is 0 Å². The molecule has 1 aromatic rings. The van der Waals surface area contributed by atoms with Crippen molar-refractivity contribution in [2.24, 2.45) is 0 Å². The molecule has 1 fully saturated rings. The van der Waals surface area contributed by atoms with E-state index in [-0.39, 0.29) is 11.9 Å². The van der Waals surface area contributed by atoms with Crippen molar-refractivity contribution in [3.8, 4) is 0 Å². The van der Waals surface area contributed by atoms with Crippen molar-refractivity contribution in [3.63, 3.8) is 0 Å². The predicted octanol–water partition coefficient (Wildman–Crippen LogP) is 1.54. The molecule has 0 radical (unpaired) electrons. The Balaban J connectivity index is 1.94. The fourth-order valence-electron chi connectivity index (χ4n) is 2.88. The van der Waals surface area contributed by atoms with Crippen molar-refractivity contribution in [2.45, 2.75) is 18.9 Å². The number of fused-ring (bicyclic) bond motifs is 1. The Morgan fingerprint density at radius 3 is 2.89 bits per heavy atom. The minimum absolute atomic E-state index is 0.0241. The maximum Gasteiger partial charge on any atom is 0.245 e. The van der Waals surface area contributed by atoms with Crippen LogP contribution in [0.1, 0.15) is 12.8 Å². The van der Waals surface area contributed by atoms with Crippen LogP contribution in [0, 0.1) is 0 Å². The Morgan fingerprint density at radius 2 is 2.11 bits per heavy atom. The van der Waals surface area contributed by atoms with Gasteiger partial charge in [0, 0.05) is 26.7 Å². The number of nitrogens with zero attached hydrogens (tertiary/aromatic N) is 2. The number of likely N-dealkylation sites (N-methyl/N-ethyl adjacent to an activating group) is 1. The Hall–Kier alpha value is -1.71. The molecule has 4 nitrogen and oxygen atoms in total. The van der Waals surface area contributed by atoms with E-state index in [0.717, 1.165) is 38.2 Å². The van der Waals surface area contributed by atoms with Crippen molar-refractivity contribution in [3.05, 3.63) is 24.3 Å². The average Bonchev–Trinajstić information content (AvgIpc) is 2.63. The van der Waals surface area contributed by atoms with Gasteiger partial charge in [0.05, 0.1) is 11.4 Å². The zero-order chi connectivity index (χ0) is 12.5. The molecular weight excluding hydrogens is 226 g/mol. The molecule has 1 unspecified atom stereocenters. The lowest BCUT2D eigenvalue weighted by Gasteiger charge is -2.29. The first-order chi connectivity index (χ1) is 8.77. The van der Waals surface area contributed by atoms with Gasteiger partial charge in [-0.15, -0.1) is 0 Å². The van der Waals surface area contributed by atoms with E-state index in [2.05, 4.69) is 22.3 Å². The second-order valence-corrected chi connectivity index (χ2v) is 5.06. The molecule has 1 amide bonds. The average molecular weight is 245 g/mol. The molecule has 2 aliphatic rings. The number of amides is 1. The van der Waals surface area contributed by atoms with Gasteiger partial charge in [-0.3, -0.25) is 4.79 Å². The summed E-state index contributed by atoms with van der Waals surface area (Å²) in [5.41, 5.74) is 2.32. The second-order valence-electron chi connectivity index (χ2n) is 5.06. The number of hydrogen-bond acceptors (Lipinski definition) is 3. The van der Waals surface area contributed by atoms with E-state index in [1.807, 2.05) is 24.1 Å². The highest BCUT2D eigenvalue weighted by Gasteiger charge is 2.35. The molecule has 0 spiro atoms. The minimum Gasteiger partial charge on any atom is -0.383 e. The number of benzene rings is 1. The first-order valence-electron chi connectivity index (χ1n) is 6.62. The van der Waals surface area contributed by atoms with Crippen LogP contribution < -0.4 is 10.2 Å². The second kappa shape index (κ2) is 4.52. The Morgan fingerprint density at radius 1 is 1.28 bits per heavy atom. The summed E-state index contributed by atoms with van der Waals surface area (Å²) in [6, 6.07) is 8.31. The van der Waals surface area contributed by atoms with Gasteiger partial charge in [0.15, 0.2) is 0 Å². The Kier molecular flexibility index (Phi) is 2.86. The molecule has 96 valence electrons. The zero-order valence-electron chi connectivity index (χ0n) is 10.7. The lowest BCUT2D eigenvalue weighted by atomic mass is 10.1. The largest absolute Gasteiger partial charge is 0.383 e. The predicted molar refractivity (Wildman–Crippen MR) is 72.9 cm³/mol. The number of carbonyl (C=O) groups excluding carboxylic acids is 1. The summed E-state index contributed by atoms with van der Waals surface area (Å²) in [7, 11) is 1.89. The van der Waals surface area contributed by atoms with E-state index in [1.165, 1.54) is 5.69 Å². The van der Waals surface area contributed by atoms with Crippen LogP contribution in [0.15, 0.2) is 24.3 Å². The van der Waals surface area contributed by atoms with Gasteiger partial charge in [0.1, 0.15) is 6.04 Å². The molecule has 18 heavy (non-hydrogen) atoms. The highest BCUT2D eigenvalue weighted by atomic mass is 16.2. The molecule has 4 heteroatoms. The van der Waals surface area contributed by atoms with Crippen molar-refractivity contribution < 1.29 is 4.79 Å². The summed E-state index contributed by atoms with van der Waals surface area (Å²) in [5.74, 6) is 0.256. The highest BCUT2D eigenvalue weighted by molar-refractivity contribution is 5.88. The van der Waals surface area contributed by atoms with Gasteiger partial charge < -0.3 is 15.1 Å². The van der Waals surface area contributed by atoms with E-state index in [1.54, 1.807) is 0 Å². The topological polar surface area (TPSA) is 35.6 Å².